The zero-order valence-electron chi connectivity index (χ0n) is 15.2. The summed E-state index contributed by atoms with van der Waals surface area (Å²) in [6.45, 7) is 6.52. The van der Waals surface area contributed by atoms with Crippen molar-refractivity contribution in [1.29, 1.82) is 0 Å². The SMILES string of the molecule is Cn1cc(C(C)(C)NC(=O)NC[C@@H](c2ccco2)N2CCCC2)cn1. The van der Waals surface area contributed by atoms with Gasteiger partial charge in [0.25, 0.3) is 0 Å². The molecule has 1 aliphatic rings. The molecule has 7 nitrogen and oxygen atoms in total. The van der Waals surface area contributed by atoms with Crippen LogP contribution in [0.5, 0.6) is 0 Å². The lowest BCUT2D eigenvalue weighted by Gasteiger charge is -2.28. The van der Waals surface area contributed by atoms with E-state index in [4.69, 9.17) is 4.42 Å². The van der Waals surface area contributed by atoms with E-state index in [0.29, 0.717) is 6.54 Å². The first-order chi connectivity index (χ1) is 12.0. The van der Waals surface area contributed by atoms with E-state index in [2.05, 4.69) is 20.6 Å². The first kappa shape index (κ1) is 17.5. The number of hydrogen-bond acceptors (Lipinski definition) is 4. The summed E-state index contributed by atoms with van der Waals surface area (Å²) in [5.74, 6) is 0.897. The van der Waals surface area contributed by atoms with Gasteiger partial charge in [-0.25, -0.2) is 4.79 Å². The van der Waals surface area contributed by atoms with Gasteiger partial charge in [0.2, 0.25) is 0 Å². The van der Waals surface area contributed by atoms with Crippen LogP contribution in [0.25, 0.3) is 0 Å². The zero-order chi connectivity index (χ0) is 17.9. The number of aryl methyl sites for hydroxylation is 1. The molecule has 1 saturated heterocycles. The van der Waals surface area contributed by atoms with Crippen molar-refractivity contribution in [3.63, 3.8) is 0 Å². The van der Waals surface area contributed by atoms with E-state index in [9.17, 15) is 4.79 Å². The topological polar surface area (TPSA) is 75.3 Å². The molecule has 3 heterocycles. The number of amides is 2. The molecule has 0 aliphatic carbocycles. The van der Waals surface area contributed by atoms with E-state index >= 15 is 0 Å². The Kier molecular flexibility index (Phi) is 5.13. The van der Waals surface area contributed by atoms with Gasteiger partial charge in [0, 0.05) is 25.4 Å². The van der Waals surface area contributed by atoms with E-state index < -0.39 is 5.54 Å². The maximum Gasteiger partial charge on any atom is 0.315 e. The third kappa shape index (κ3) is 4.22. The number of furan rings is 1. The Labute approximate surface area is 148 Å². The summed E-state index contributed by atoms with van der Waals surface area (Å²) in [5.41, 5.74) is 0.471. The van der Waals surface area contributed by atoms with Crippen LogP contribution in [-0.2, 0) is 12.6 Å². The lowest BCUT2D eigenvalue weighted by Crippen LogP contribution is -2.48. The van der Waals surface area contributed by atoms with Crippen molar-refractivity contribution in [3.05, 3.63) is 42.1 Å². The Bertz CT molecular complexity index is 686. The van der Waals surface area contributed by atoms with Crippen LogP contribution in [0.15, 0.2) is 35.2 Å². The average molecular weight is 345 g/mol. The monoisotopic (exact) mass is 345 g/mol. The number of hydrogen-bond donors (Lipinski definition) is 2. The smallest absolute Gasteiger partial charge is 0.315 e. The number of carbonyl (C=O) groups excluding carboxylic acids is 1. The molecule has 2 amide bonds. The highest BCUT2D eigenvalue weighted by molar-refractivity contribution is 5.75. The molecule has 3 rings (SSSR count). The zero-order valence-corrected chi connectivity index (χ0v) is 15.2. The molecule has 1 fully saturated rings. The van der Waals surface area contributed by atoms with Gasteiger partial charge in [-0.3, -0.25) is 9.58 Å². The molecular weight excluding hydrogens is 318 g/mol. The standard InChI is InChI=1S/C18H27N5O2/c1-18(2,14-11-20-22(3)13-14)21-17(24)19-12-15(16-7-6-10-25-16)23-8-4-5-9-23/h6-7,10-11,13,15H,4-5,8-9,12H2,1-3H3,(H2,19,21,24)/t15-/m0/s1. The Hall–Kier alpha value is -2.28. The predicted octanol–water partition coefficient (Wildman–Crippen LogP) is 2.38. The molecule has 1 aliphatic heterocycles. The Balaban J connectivity index is 1.59. The molecule has 0 saturated carbocycles. The number of aromatic nitrogens is 2. The Morgan fingerprint density at radius 3 is 2.76 bits per heavy atom. The fraction of sp³-hybridized carbons (Fsp3) is 0.556. The van der Waals surface area contributed by atoms with Crippen molar-refractivity contribution in [1.82, 2.24) is 25.3 Å². The number of nitrogens with zero attached hydrogens (tertiary/aromatic N) is 3. The molecule has 0 aromatic carbocycles. The number of urea groups is 1. The molecule has 1 atom stereocenters. The highest BCUT2D eigenvalue weighted by Crippen LogP contribution is 2.25. The third-order valence-corrected chi connectivity index (χ3v) is 4.76. The molecule has 2 aromatic heterocycles. The molecule has 7 heteroatoms. The van der Waals surface area contributed by atoms with Gasteiger partial charge in [0.15, 0.2) is 0 Å². The quantitative estimate of drug-likeness (QED) is 0.843. The molecule has 0 spiro atoms. The fourth-order valence-corrected chi connectivity index (χ4v) is 3.28. The summed E-state index contributed by atoms with van der Waals surface area (Å²) in [6.07, 6.45) is 7.76. The minimum Gasteiger partial charge on any atom is -0.468 e. The maximum atomic E-state index is 12.4. The van der Waals surface area contributed by atoms with Gasteiger partial charge < -0.3 is 15.1 Å². The van der Waals surface area contributed by atoms with Gasteiger partial charge in [0.1, 0.15) is 5.76 Å². The first-order valence-electron chi connectivity index (χ1n) is 8.78. The van der Waals surface area contributed by atoms with E-state index in [0.717, 1.165) is 24.4 Å². The lowest BCUT2D eigenvalue weighted by molar-refractivity contribution is 0.199. The summed E-state index contributed by atoms with van der Waals surface area (Å²) in [6, 6.07) is 3.75. The highest BCUT2D eigenvalue weighted by atomic mass is 16.3. The van der Waals surface area contributed by atoms with E-state index in [1.165, 1.54) is 12.8 Å². The highest BCUT2D eigenvalue weighted by Gasteiger charge is 2.28. The molecule has 0 bridgehead atoms. The van der Waals surface area contributed by atoms with Gasteiger partial charge in [-0.2, -0.15) is 5.10 Å². The predicted molar refractivity (Wildman–Crippen MR) is 95.0 cm³/mol. The summed E-state index contributed by atoms with van der Waals surface area (Å²) >= 11 is 0. The average Bonchev–Trinajstić information content (AvgIpc) is 3.29. The summed E-state index contributed by atoms with van der Waals surface area (Å²) in [5, 5.41) is 10.2. The number of rotatable bonds is 6. The van der Waals surface area contributed by atoms with Gasteiger partial charge in [-0.05, 0) is 51.9 Å². The van der Waals surface area contributed by atoms with Gasteiger partial charge in [-0.1, -0.05) is 0 Å². The molecule has 25 heavy (non-hydrogen) atoms. The first-order valence-corrected chi connectivity index (χ1v) is 8.78. The van der Waals surface area contributed by atoms with Crippen molar-refractivity contribution in [2.24, 2.45) is 7.05 Å². The number of likely N-dealkylation sites (tertiary alicyclic amines) is 1. The van der Waals surface area contributed by atoms with E-state index in [1.54, 1.807) is 17.1 Å². The van der Waals surface area contributed by atoms with Crippen LogP contribution >= 0.6 is 0 Å². The largest absolute Gasteiger partial charge is 0.468 e. The normalized spacial score (nSPS) is 16.8. The Morgan fingerprint density at radius 2 is 2.16 bits per heavy atom. The van der Waals surface area contributed by atoms with Crippen molar-refractivity contribution in [2.75, 3.05) is 19.6 Å². The summed E-state index contributed by atoms with van der Waals surface area (Å²) < 4.78 is 7.32. The van der Waals surface area contributed by atoms with Crippen molar-refractivity contribution in [3.8, 4) is 0 Å². The second-order valence-corrected chi connectivity index (χ2v) is 7.14. The van der Waals surface area contributed by atoms with Crippen LogP contribution in [0.4, 0.5) is 4.79 Å². The maximum absolute atomic E-state index is 12.4. The van der Waals surface area contributed by atoms with E-state index in [1.807, 2.05) is 39.2 Å². The second-order valence-electron chi connectivity index (χ2n) is 7.14. The van der Waals surface area contributed by atoms with Crippen molar-refractivity contribution in [2.45, 2.75) is 38.3 Å². The summed E-state index contributed by atoms with van der Waals surface area (Å²) in [4.78, 5) is 14.8. The van der Waals surface area contributed by atoms with Crippen LogP contribution in [0.3, 0.4) is 0 Å². The van der Waals surface area contributed by atoms with Gasteiger partial charge >= 0.3 is 6.03 Å². The lowest BCUT2D eigenvalue weighted by atomic mass is 9.98. The van der Waals surface area contributed by atoms with E-state index in [-0.39, 0.29) is 12.1 Å². The van der Waals surface area contributed by atoms with Crippen molar-refractivity contribution < 1.29 is 9.21 Å². The molecule has 0 unspecified atom stereocenters. The Morgan fingerprint density at radius 1 is 1.40 bits per heavy atom. The molecule has 2 aromatic rings. The van der Waals surface area contributed by atoms with Crippen LogP contribution in [0, 0.1) is 0 Å². The van der Waals surface area contributed by atoms with Gasteiger partial charge in [0.05, 0.1) is 24.0 Å². The van der Waals surface area contributed by atoms with Crippen LogP contribution in [-0.4, -0.2) is 40.3 Å². The molecule has 136 valence electrons. The third-order valence-electron chi connectivity index (χ3n) is 4.76. The minimum atomic E-state index is -0.494. The van der Waals surface area contributed by atoms with Crippen LogP contribution in [0.2, 0.25) is 0 Å². The number of nitrogens with one attached hydrogen (secondary N) is 2. The molecule has 0 radical (unpaired) electrons. The van der Waals surface area contributed by atoms with Crippen molar-refractivity contribution >= 4 is 6.03 Å². The molecule has 2 N–H and O–H groups in total. The van der Waals surface area contributed by atoms with Crippen LogP contribution < -0.4 is 10.6 Å². The van der Waals surface area contributed by atoms with Gasteiger partial charge in [-0.15, -0.1) is 0 Å². The summed E-state index contributed by atoms with van der Waals surface area (Å²) in [7, 11) is 1.86. The van der Waals surface area contributed by atoms with Crippen LogP contribution in [0.1, 0.15) is 44.1 Å². The fourth-order valence-electron chi connectivity index (χ4n) is 3.28. The number of carbonyl (C=O) groups is 1. The minimum absolute atomic E-state index is 0.0738. The second kappa shape index (κ2) is 7.31. The molecular formula is C18H27N5O2.